The molecule has 1 aromatic carbocycles. The number of anilines is 1. The third kappa shape index (κ3) is 3.09. The van der Waals surface area contributed by atoms with Crippen LogP contribution in [0, 0.1) is 6.92 Å². The Balaban J connectivity index is 1.87. The van der Waals surface area contributed by atoms with Crippen molar-refractivity contribution in [1.82, 2.24) is 20.2 Å². The van der Waals surface area contributed by atoms with E-state index in [9.17, 15) is 4.79 Å². The zero-order valence-electron chi connectivity index (χ0n) is 14.0. The number of methoxy groups -OCH3 is 1. The summed E-state index contributed by atoms with van der Waals surface area (Å²) in [6.07, 6.45) is 4.54. The summed E-state index contributed by atoms with van der Waals surface area (Å²) in [7, 11) is 1.58. The van der Waals surface area contributed by atoms with Gasteiger partial charge >= 0.3 is 0 Å². The zero-order chi connectivity index (χ0) is 17.2. The lowest BCUT2D eigenvalue weighted by Crippen LogP contribution is -2.52. The van der Waals surface area contributed by atoms with Gasteiger partial charge in [-0.15, -0.1) is 5.10 Å². The molecule has 3 rings (SSSR count). The van der Waals surface area contributed by atoms with Gasteiger partial charge in [0, 0.05) is 5.69 Å². The van der Waals surface area contributed by atoms with Crippen molar-refractivity contribution in [2.45, 2.75) is 44.6 Å². The Labute approximate surface area is 140 Å². The lowest BCUT2D eigenvalue weighted by Gasteiger charge is -2.31. The van der Waals surface area contributed by atoms with Crippen LogP contribution in [0.2, 0.25) is 0 Å². The maximum Gasteiger partial charge on any atom is 0.244 e. The van der Waals surface area contributed by atoms with Gasteiger partial charge in [-0.2, -0.15) is 4.68 Å². The molecule has 1 heterocycles. The summed E-state index contributed by atoms with van der Waals surface area (Å²) in [5.41, 5.74) is 6.80. The first-order valence-electron chi connectivity index (χ1n) is 8.07. The number of aryl methyl sites for hydroxylation is 1. The highest BCUT2D eigenvalue weighted by molar-refractivity contribution is 5.98. The van der Waals surface area contributed by atoms with Gasteiger partial charge in [-0.05, 0) is 48.4 Å². The minimum atomic E-state index is -0.789. The van der Waals surface area contributed by atoms with E-state index in [1.54, 1.807) is 36.9 Å². The number of aromatic nitrogens is 4. The smallest absolute Gasteiger partial charge is 0.244 e. The fourth-order valence-electron chi connectivity index (χ4n) is 3.05. The molecule has 24 heavy (non-hydrogen) atoms. The fraction of sp³-hybridized carbons (Fsp3) is 0.500. The van der Waals surface area contributed by atoms with Gasteiger partial charge in [-0.3, -0.25) is 4.79 Å². The van der Waals surface area contributed by atoms with Gasteiger partial charge in [0.25, 0.3) is 0 Å². The van der Waals surface area contributed by atoms with Gasteiger partial charge in [-0.25, -0.2) is 0 Å². The average molecular weight is 330 g/mol. The van der Waals surface area contributed by atoms with Crippen LogP contribution in [-0.4, -0.2) is 38.8 Å². The SMILES string of the molecule is COc1ccc(NC(=O)C2(N)CCCCC2)cc1-n1nnnc1C. The second-order valence-electron chi connectivity index (χ2n) is 6.20. The van der Waals surface area contributed by atoms with Crippen LogP contribution in [0.1, 0.15) is 37.9 Å². The Morgan fingerprint density at radius 3 is 2.71 bits per heavy atom. The Kier molecular flexibility index (Phi) is 4.48. The molecule has 0 atom stereocenters. The van der Waals surface area contributed by atoms with Gasteiger partial charge in [0.2, 0.25) is 5.91 Å². The number of nitrogens with zero attached hydrogens (tertiary/aromatic N) is 4. The molecular formula is C16H22N6O2. The van der Waals surface area contributed by atoms with E-state index in [2.05, 4.69) is 20.8 Å². The highest BCUT2D eigenvalue weighted by atomic mass is 16.5. The van der Waals surface area contributed by atoms with Crippen LogP contribution in [0.15, 0.2) is 18.2 Å². The predicted molar refractivity (Wildman–Crippen MR) is 89.1 cm³/mol. The molecule has 0 saturated heterocycles. The molecule has 2 aromatic rings. The number of benzene rings is 1. The topological polar surface area (TPSA) is 108 Å². The van der Waals surface area contributed by atoms with Crippen LogP contribution in [0.3, 0.4) is 0 Å². The van der Waals surface area contributed by atoms with E-state index in [1.165, 1.54) is 0 Å². The fourth-order valence-corrected chi connectivity index (χ4v) is 3.05. The highest BCUT2D eigenvalue weighted by Gasteiger charge is 2.35. The molecule has 3 N–H and O–H groups in total. The molecule has 0 bridgehead atoms. The van der Waals surface area contributed by atoms with Gasteiger partial charge in [0.05, 0.1) is 12.6 Å². The van der Waals surface area contributed by atoms with Gasteiger partial charge in [0.15, 0.2) is 5.82 Å². The van der Waals surface area contributed by atoms with Crippen molar-refractivity contribution < 1.29 is 9.53 Å². The lowest BCUT2D eigenvalue weighted by molar-refractivity contribution is -0.122. The summed E-state index contributed by atoms with van der Waals surface area (Å²) in [5, 5.41) is 14.4. The third-order valence-corrected chi connectivity index (χ3v) is 4.49. The van der Waals surface area contributed by atoms with Crippen molar-refractivity contribution >= 4 is 11.6 Å². The van der Waals surface area contributed by atoms with E-state index in [-0.39, 0.29) is 5.91 Å². The third-order valence-electron chi connectivity index (χ3n) is 4.49. The van der Waals surface area contributed by atoms with E-state index in [4.69, 9.17) is 10.5 Å². The molecule has 8 heteroatoms. The Hall–Kier alpha value is -2.48. The number of nitrogens with one attached hydrogen (secondary N) is 1. The maximum absolute atomic E-state index is 12.6. The molecule has 0 radical (unpaired) electrons. The number of carbonyl (C=O) groups is 1. The summed E-state index contributed by atoms with van der Waals surface area (Å²) in [5.74, 6) is 1.09. The van der Waals surface area contributed by atoms with Crippen LogP contribution >= 0.6 is 0 Å². The monoisotopic (exact) mass is 330 g/mol. The number of rotatable bonds is 4. The highest BCUT2D eigenvalue weighted by Crippen LogP contribution is 2.29. The molecule has 0 spiro atoms. The number of tetrazole rings is 1. The maximum atomic E-state index is 12.6. The first-order chi connectivity index (χ1) is 11.5. The summed E-state index contributed by atoms with van der Waals surface area (Å²) < 4.78 is 6.93. The average Bonchev–Trinajstić information content (AvgIpc) is 3.01. The largest absolute Gasteiger partial charge is 0.494 e. The van der Waals surface area contributed by atoms with E-state index < -0.39 is 5.54 Å². The summed E-state index contributed by atoms with van der Waals surface area (Å²) in [6, 6.07) is 5.34. The van der Waals surface area contributed by atoms with E-state index in [0.717, 1.165) is 19.3 Å². The van der Waals surface area contributed by atoms with E-state index >= 15 is 0 Å². The number of nitrogens with two attached hydrogens (primary N) is 1. The van der Waals surface area contributed by atoms with Crippen molar-refractivity contribution in [1.29, 1.82) is 0 Å². The zero-order valence-corrected chi connectivity index (χ0v) is 14.0. The number of ether oxygens (including phenoxy) is 1. The number of amides is 1. The molecule has 1 aliphatic rings. The van der Waals surface area contributed by atoms with Crippen molar-refractivity contribution in [3.05, 3.63) is 24.0 Å². The minimum Gasteiger partial charge on any atom is -0.494 e. The number of hydrogen-bond donors (Lipinski definition) is 2. The molecule has 8 nitrogen and oxygen atoms in total. The summed E-state index contributed by atoms with van der Waals surface area (Å²) in [4.78, 5) is 12.6. The first-order valence-corrected chi connectivity index (χ1v) is 8.07. The molecule has 1 aliphatic carbocycles. The molecule has 0 unspecified atom stereocenters. The van der Waals surface area contributed by atoms with Crippen molar-refractivity contribution in [3.8, 4) is 11.4 Å². The summed E-state index contributed by atoms with van der Waals surface area (Å²) >= 11 is 0. The molecule has 1 amide bonds. The normalized spacial score (nSPS) is 16.6. The van der Waals surface area contributed by atoms with Crippen LogP contribution < -0.4 is 15.8 Å². The molecular weight excluding hydrogens is 308 g/mol. The van der Waals surface area contributed by atoms with Gasteiger partial charge < -0.3 is 15.8 Å². The summed E-state index contributed by atoms with van der Waals surface area (Å²) in [6.45, 7) is 1.79. The Morgan fingerprint density at radius 1 is 1.33 bits per heavy atom. The standard InChI is InChI=1S/C16H22N6O2/c1-11-19-20-21-22(11)13-10-12(6-7-14(13)24-2)18-15(23)16(17)8-4-3-5-9-16/h6-7,10H,3-5,8-9,17H2,1-2H3,(H,18,23). The predicted octanol–water partition coefficient (Wildman–Crippen LogP) is 1.58. The molecule has 1 fully saturated rings. The minimum absolute atomic E-state index is 0.147. The Bertz CT molecular complexity index is 736. The second kappa shape index (κ2) is 6.56. The second-order valence-corrected chi connectivity index (χ2v) is 6.20. The molecule has 0 aliphatic heterocycles. The number of hydrogen-bond acceptors (Lipinski definition) is 6. The van der Waals surface area contributed by atoms with Crippen LogP contribution in [0.4, 0.5) is 5.69 Å². The molecule has 1 saturated carbocycles. The van der Waals surface area contributed by atoms with Gasteiger partial charge in [-0.1, -0.05) is 19.3 Å². The van der Waals surface area contributed by atoms with Crippen LogP contribution in [0.5, 0.6) is 5.75 Å². The van der Waals surface area contributed by atoms with Crippen molar-refractivity contribution in [2.24, 2.45) is 5.73 Å². The van der Waals surface area contributed by atoms with Crippen molar-refractivity contribution in [3.63, 3.8) is 0 Å². The lowest BCUT2D eigenvalue weighted by atomic mass is 9.82. The van der Waals surface area contributed by atoms with Crippen LogP contribution in [0.25, 0.3) is 5.69 Å². The Morgan fingerprint density at radius 2 is 2.08 bits per heavy atom. The van der Waals surface area contributed by atoms with Crippen molar-refractivity contribution in [2.75, 3.05) is 12.4 Å². The molecule has 128 valence electrons. The molecule has 1 aromatic heterocycles. The van der Waals surface area contributed by atoms with E-state index in [0.29, 0.717) is 35.8 Å². The number of carbonyl (C=O) groups excluding carboxylic acids is 1. The van der Waals surface area contributed by atoms with Crippen LogP contribution in [-0.2, 0) is 4.79 Å². The first kappa shape index (κ1) is 16.4. The van der Waals surface area contributed by atoms with E-state index in [1.807, 2.05) is 0 Å². The quantitative estimate of drug-likeness (QED) is 0.881. The van der Waals surface area contributed by atoms with Gasteiger partial charge in [0.1, 0.15) is 11.4 Å².